The van der Waals surface area contributed by atoms with Gasteiger partial charge in [0.2, 0.25) is 5.91 Å². The molecule has 1 aromatic carbocycles. The molecule has 3 N–H and O–H groups in total. The van der Waals surface area contributed by atoms with Crippen LogP contribution in [0.25, 0.3) is 0 Å². The fourth-order valence-electron chi connectivity index (χ4n) is 1.75. The van der Waals surface area contributed by atoms with E-state index in [2.05, 4.69) is 10.6 Å². The van der Waals surface area contributed by atoms with E-state index in [9.17, 15) is 9.59 Å². The third-order valence-electron chi connectivity index (χ3n) is 2.74. The van der Waals surface area contributed by atoms with E-state index >= 15 is 0 Å². The maximum absolute atomic E-state index is 11.7. The molecule has 0 aromatic heterocycles. The van der Waals surface area contributed by atoms with Gasteiger partial charge in [0.15, 0.2) is 0 Å². The third kappa shape index (κ3) is 6.89. The van der Waals surface area contributed by atoms with Crippen molar-refractivity contribution in [1.29, 1.82) is 0 Å². The summed E-state index contributed by atoms with van der Waals surface area (Å²) in [5.41, 5.74) is 1.62. The van der Waals surface area contributed by atoms with E-state index in [1.165, 1.54) is 0 Å². The molecule has 0 radical (unpaired) electrons. The van der Waals surface area contributed by atoms with Crippen LogP contribution in [0.3, 0.4) is 0 Å². The molecule has 1 aromatic rings. The van der Waals surface area contributed by atoms with E-state index in [0.29, 0.717) is 31.1 Å². The second-order valence-electron chi connectivity index (χ2n) is 5.00. The lowest BCUT2D eigenvalue weighted by Crippen LogP contribution is -2.27. The lowest BCUT2D eigenvalue weighted by Gasteiger charge is -2.09. The van der Waals surface area contributed by atoms with E-state index in [4.69, 9.17) is 5.11 Å². The fraction of sp³-hybridized carbons (Fsp3) is 0.467. The van der Waals surface area contributed by atoms with Crippen molar-refractivity contribution in [2.75, 3.05) is 11.9 Å². The number of carbonyl (C=O) groups excluding carboxylic acids is 1. The standard InChI is InChI=1S/C15H22N2O3/c1-11(2)16-9-8-14(18)17-13-5-3-4-12(10-13)6-7-15(19)20/h3-5,10-11,16H,6-9H2,1-2H3,(H,17,18)(H,19,20). The van der Waals surface area contributed by atoms with Crippen LogP contribution in [-0.4, -0.2) is 29.6 Å². The monoisotopic (exact) mass is 278 g/mol. The summed E-state index contributed by atoms with van der Waals surface area (Å²) in [5.74, 6) is -0.868. The summed E-state index contributed by atoms with van der Waals surface area (Å²) in [6, 6.07) is 7.66. The van der Waals surface area contributed by atoms with Crippen LogP contribution in [0.2, 0.25) is 0 Å². The number of carboxylic acids is 1. The molecule has 1 amide bonds. The molecule has 0 spiro atoms. The van der Waals surface area contributed by atoms with Gasteiger partial charge in [-0.15, -0.1) is 0 Å². The van der Waals surface area contributed by atoms with Gasteiger partial charge in [0.25, 0.3) is 0 Å². The molecule has 20 heavy (non-hydrogen) atoms. The largest absolute Gasteiger partial charge is 0.481 e. The van der Waals surface area contributed by atoms with Gasteiger partial charge in [-0.05, 0) is 24.1 Å². The molecule has 0 heterocycles. The minimum atomic E-state index is -0.820. The molecule has 0 saturated carbocycles. The second kappa shape index (κ2) is 8.32. The molecule has 0 unspecified atom stereocenters. The zero-order chi connectivity index (χ0) is 15.0. The summed E-state index contributed by atoms with van der Waals surface area (Å²) in [6.45, 7) is 4.70. The fourth-order valence-corrected chi connectivity index (χ4v) is 1.75. The van der Waals surface area contributed by atoms with Crippen LogP contribution in [0.15, 0.2) is 24.3 Å². The van der Waals surface area contributed by atoms with Crippen molar-refractivity contribution in [2.45, 2.75) is 39.2 Å². The van der Waals surface area contributed by atoms with E-state index in [0.717, 1.165) is 5.56 Å². The van der Waals surface area contributed by atoms with Crippen molar-refractivity contribution in [3.05, 3.63) is 29.8 Å². The number of carbonyl (C=O) groups is 2. The topological polar surface area (TPSA) is 78.4 Å². The summed E-state index contributed by atoms with van der Waals surface area (Å²) < 4.78 is 0. The number of benzene rings is 1. The van der Waals surface area contributed by atoms with Crippen molar-refractivity contribution in [3.63, 3.8) is 0 Å². The molecule has 1 rings (SSSR count). The number of rotatable bonds is 8. The van der Waals surface area contributed by atoms with Gasteiger partial charge >= 0.3 is 5.97 Å². The van der Waals surface area contributed by atoms with Gasteiger partial charge in [0.05, 0.1) is 0 Å². The molecule has 0 bridgehead atoms. The Morgan fingerprint density at radius 1 is 1.25 bits per heavy atom. The highest BCUT2D eigenvalue weighted by Crippen LogP contribution is 2.12. The van der Waals surface area contributed by atoms with Crippen LogP contribution >= 0.6 is 0 Å². The van der Waals surface area contributed by atoms with Gasteiger partial charge < -0.3 is 15.7 Å². The Hall–Kier alpha value is -1.88. The molecule has 110 valence electrons. The number of hydrogen-bond acceptors (Lipinski definition) is 3. The molecule has 0 fully saturated rings. The van der Waals surface area contributed by atoms with Gasteiger partial charge in [-0.25, -0.2) is 0 Å². The van der Waals surface area contributed by atoms with Gasteiger partial charge in [-0.2, -0.15) is 0 Å². The van der Waals surface area contributed by atoms with Gasteiger partial charge in [0, 0.05) is 31.1 Å². The number of amides is 1. The molecular formula is C15H22N2O3. The molecule has 5 heteroatoms. The summed E-state index contributed by atoms with van der Waals surface area (Å²) in [5, 5.41) is 14.7. The molecule has 0 atom stereocenters. The average Bonchev–Trinajstić information content (AvgIpc) is 2.36. The zero-order valence-electron chi connectivity index (χ0n) is 12.0. The van der Waals surface area contributed by atoms with Crippen molar-refractivity contribution in [1.82, 2.24) is 5.32 Å². The molecule has 0 saturated heterocycles. The number of nitrogens with one attached hydrogen (secondary N) is 2. The summed E-state index contributed by atoms with van der Waals surface area (Å²) in [7, 11) is 0. The van der Waals surface area contributed by atoms with Crippen LogP contribution < -0.4 is 10.6 Å². The Labute approximate surface area is 119 Å². The number of hydrogen-bond donors (Lipinski definition) is 3. The smallest absolute Gasteiger partial charge is 0.303 e. The summed E-state index contributed by atoms with van der Waals surface area (Å²) in [6.07, 6.45) is 0.973. The van der Waals surface area contributed by atoms with Crippen LogP contribution in [0.1, 0.15) is 32.3 Å². The van der Waals surface area contributed by atoms with Crippen molar-refractivity contribution in [3.8, 4) is 0 Å². The van der Waals surface area contributed by atoms with Crippen molar-refractivity contribution in [2.24, 2.45) is 0 Å². The molecule has 0 aliphatic carbocycles. The SMILES string of the molecule is CC(C)NCCC(=O)Nc1cccc(CCC(=O)O)c1. The van der Waals surface area contributed by atoms with E-state index in [1.807, 2.05) is 32.0 Å². The quantitative estimate of drug-likeness (QED) is 0.680. The predicted molar refractivity (Wildman–Crippen MR) is 78.8 cm³/mol. The number of anilines is 1. The normalized spacial score (nSPS) is 10.6. The first-order valence-electron chi connectivity index (χ1n) is 6.81. The first-order valence-corrected chi connectivity index (χ1v) is 6.81. The van der Waals surface area contributed by atoms with Crippen molar-refractivity contribution < 1.29 is 14.7 Å². The highest BCUT2D eigenvalue weighted by molar-refractivity contribution is 5.90. The maximum atomic E-state index is 11.7. The van der Waals surface area contributed by atoms with Gasteiger partial charge in [-0.1, -0.05) is 26.0 Å². The van der Waals surface area contributed by atoms with Crippen LogP contribution in [0.5, 0.6) is 0 Å². The highest BCUT2D eigenvalue weighted by atomic mass is 16.4. The van der Waals surface area contributed by atoms with E-state index < -0.39 is 5.97 Å². The Morgan fingerprint density at radius 3 is 2.65 bits per heavy atom. The third-order valence-corrected chi connectivity index (χ3v) is 2.74. The minimum Gasteiger partial charge on any atom is -0.481 e. The molecule has 5 nitrogen and oxygen atoms in total. The lowest BCUT2D eigenvalue weighted by molar-refractivity contribution is -0.137. The molecule has 0 aliphatic rings. The number of aliphatic carboxylic acids is 1. The summed E-state index contributed by atoms with van der Waals surface area (Å²) >= 11 is 0. The molecular weight excluding hydrogens is 256 g/mol. The van der Waals surface area contributed by atoms with Crippen molar-refractivity contribution >= 4 is 17.6 Å². The minimum absolute atomic E-state index is 0.0477. The first kappa shape index (κ1) is 16.2. The van der Waals surface area contributed by atoms with Crippen LogP contribution in [-0.2, 0) is 16.0 Å². The summed E-state index contributed by atoms with van der Waals surface area (Å²) in [4.78, 5) is 22.3. The maximum Gasteiger partial charge on any atom is 0.303 e. The lowest BCUT2D eigenvalue weighted by atomic mass is 10.1. The Balaban J connectivity index is 2.44. The highest BCUT2D eigenvalue weighted by Gasteiger charge is 2.04. The number of aryl methyl sites for hydroxylation is 1. The van der Waals surface area contributed by atoms with E-state index in [-0.39, 0.29) is 12.3 Å². The Bertz CT molecular complexity index is 458. The number of carboxylic acid groups (broad SMARTS) is 1. The average molecular weight is 278 g/mol. The van der Waals surface area contributed by atoms with Crippen LogP contribution in [0, 0.1) is 0 Å². The molecule has 0 aliphatic heterocycles. The van der Waals surface area contributed by atoms with Gasteiger partial charge in [0.1, 0.15) is 0 Å². The second-order valence-corrected chi connectivity index (χ2v) is 5.00. The van der Waals surface area contributed by atoms with Crippen LogP contribution in [0.4, 0.5) is 5.69 Å². The van der Waals surface area contributed by atoms with Gasteiger partial charge in [-0.3, -0.25) is 9.59 Å². The van der Waals surface area contributed by atoms with E-state index in [1.54, 1.807) is 6.07 Å². The predicted octanol–water partition coefficient (Wildman–Crippen LogP) is 2.03. The zero-order valence-corrected chi connectivity index (χ0v) is 12.0. The Kier molecular flexibility index (Phi) is 6.73. The Morgan fingerprint density at radius 2 is 2.00 bits per heavy atom. The first-order chi connectivity index (χ1) is 9.47.